The second-order valence-electron chi connectivity index (χ2n) is 13.3. The van der Waals surface area contributed by atoms with Crippen molar-refractivity contribution in [2.24, 2.45) is 0 Å². The molecular formula is C43H31NO10. The number of ether oxygens (including phenoxy) is 2. The van der Waals surface area contributed by atoms with Crippen LogP contribution in [-0.4, -0.2) is 50.5 Å². The standard InChI is InChI=1S/C43H31NO10/c1-3-4-6-11-23-18-26-29(22-12-14-24(15-13-22)54-20-21-9-7-5-8-10-21)25-16-17-43(35(25)39(49)30(26)42(52)44-23)40(50)33-34(41(43)51)38(48)32-31(37(33)47)27(45)19-28(53-2)36(32)46/h3-15,18-19,47-49H,16-17,20H2,1-2H3,(H,44,52)/b4-3+,11-6+/t43-/m0/s1. The van der Waals surface area contributed by atoms with Gasteiger partial charge >= 0.3 is 0 Å². The van der Waals surface area contributed by atoms with Crippen LogP contribution in [0.4, 0.5) is 0 Å². The number of aromatic hydroxyl groups is 3. The van der Waals surface area contributed by atoms with E-state index >= 15 is 0 Å². The molecule has 1 spiro atoms. The molecule has 0 bridgehead atoms. The van der Waals surface area contributed by atoms with E-state index in [4.69, 9.17) is 9.47 Å². The number of ketones is 4. The molecule has 1 aromatic heterocycles. The highest BCUT2D eigenvalue weighted by atomic mass is 16.5. The lowest BCUT2D eigenvalue weighted by Crippen LogP contribution is -2.36. The van der Waals surface area contributed by atoms with Gasteiger partial charge < -0.3 is 29.8 Å². The minimum Gasteiger partial charge on any atom is -0.507 e. The number of allylic oxidation sites excluding steroid dienone is 5. The summed E-state index contributed by atoms with van der Waals surface area (Å²) in [5, 5.41) is 35.1. The summed E-state index contributed by atoms with van der Waals surface area (Å²) in [6, 6.07) is 18.4. The number of H-pyrrole nitrogens is 1. The molecule has 5 aromatic rings. The maximum absolute atomic E-state index is 14.7. The summed E-state index contributed by atoms with van der Waals surface area (Å²) in [6.07, 6.45) is 7.72. The zero-order valence-corrected chi connectivity index (χ0v) is 29.0. The van der Waals surface area contributed by atoms with E-state index in [0.29, 0.717) is 40.1 Å². The van der Waals surface area contributed by atoms with Crippen molar-refractivity contribution in [2.45, 2.75) is 31.8 Å². The minimum atomic E-state index is -2.21. The fourth-order valence-corrected chi connectivity index (χ4v) is 8.01. The van der Waals surface area contributed by atoms with Crippen molar-refractivity contribution in [2.75, 3.05) is 7.11 Å². The van der Waals surface area contributed by atoms with Crippen LogP contribution in [0.3, 0.4) is 0 Å². The predicted octanol–water partition coefficient (Wildman–Crippen LogP) is 6.65. The number of phenols is 3. The van der Waals surface area contributed by atoms with Crippen LogP contribution in [0.5, 0.6) is 23.0 Å². The molecule has 1 heterocycles. The Balaban J connectivity index is 1.34. The summed E-state index contributed by atoms with van der Waals surface area (Å²) < 4.78 is 11.0. The first kappa shape index (κ1) is 34.1. The van der Waals surface area contributed by atoms with Gasteiger partial charge in [-0.1, -0.05) is 60.7 Å². The zero-order valence-electron chi connectivity index (χ0n) is 29.0. The molecule has 4 N–H and O–H groups in total. The molecule has 8 rings (SSSR count). The number of Topliss-reactive ketones (excluding diaryl/α,β-unsaturated/α-hetero) is 3. The van der Waals surface area contributed by atoms with Gasteiger partial charge in [-0.15, -0.1) is 0 Å². The van der Waals surface area contributed by atoms with Crippen molar-refractivity contribution >= 4 is 40.0 Å². The van der Waals surface area contributed by atoms with Gasteiger partial charge in [-0.25, -0.2) is 0 Å². The Hall–Kier alpha value is -7.01. The smallest absolute Gasteiger partial charge is 0.260 e. The second kappa shape index (κ2) is 12.6. The molecule has 3 aliphatic carbocycles. The number of methoxy groups -OCH3 is 1. The monoisotopic (exact) mass is 721 g/mol. The van der Waals surface area contributed by atoms with E-state index < -0.39 is 79.4 Å². The number of benzene rings is 4. The summed E-state index contributed by atoms with van der Waals surface area (Å²) in [6.45, 7) is 2.17. The number of hydrogen-bond donors (Lipinski definition) is 4. The van der Waals surface area contributed by atoms with E-state index in [9.17, 15) is 39.3 Å². The van der Waals surface area contributed by atoms with Gasteiger partial charge in [0.25, 0.3) is 5.56 Å². The van der Waals surface area contributed by atoms with E-state index in [1.54, 1.807) is 48.6 Å². The number of rotatable bonds is 7. The Kier molecular flexibility index (Phi) is 7.95. The second-order valence-corrected chi connectivity index (χ2v) is 13.3. The van der Waals surface area contributed by atoms with Gasteiger partial charge in [0.15, 0.2) is 23.1 Å². The molecule has 0 radical (unpaired) electrons. The summed E-state index contributed by atoms with van der Waals surface area (Å²) in [5.41, 5.74) is -2.74. The van der Waals surface area contributed by atoms with E-state index in [0.717, 1.165) is 18.7 Å². The molecule has 268 valence electrons. The van der Waals surface area contributed by atoms with Gasteiger partial charge in [0.05, 0.1) is 34.7 Å². The van der Waals surface area contributed by atoms with Crippen LogP contribution < -0.4 is 10.3 Å². The molecule has 0 saturated heterocycles. The van der Waals surface area contributed by atoms with E-state index in [1.807, 2.05) is 43.3 Å². The SMILES string of the molecule is C/C=C/C=C/c1cc2c(-c3ccc(OCc4ccccc4)cc3)c3c(c(O)c2c(=O)[nH]1)[C@@]1(CC3)C(=O)c2c(O)c3c(c(O)c2C1=O)C(=O)C(OC)=CC3=O. The molecule has 0 amide bonds. The molecule has 0 aliphatic heterocycles. The van der Waals surface area contributed by atoms with Crippen LogP contribution in [0.25, 0.3) is 28.0 Å². The molecule has 0 unspecified atom stereocenters. The van der Waals surface area contributed by atoms with Gasteiger partial charge in [-0.3, -0.25) is 24.0 Å². The highest BCUT2D eigenvalue weighted by Gasteiger charge is 2.62. The molecular weight excluding hydrogens is 690 g/mol. The Labute approximate surface area is 307 Å². The molecule has 54 heavy (non-hydrogen) atoms. The lowest BCUT2D eigenvalue weighted by Gasteiger charge is -2.24. The summed E-state index contributed by atoms with van der Waals surface area (Å²) in [4.78, 5) is 72.3. The average molecular weight is 722 g/mol. The third-order valence-corrected chi connectivity index (χ3v) is 10.4. The Morgan fingerprint density at radius 2 is 1.50 bits per heavy atom. The number of aromatic amines is 1. The molecule has 11 nitrogen and oxygen atoms in total. The van der Waals surface area contributed by atoms with Crippen molar-refractivity contribution in [3.63, 3.8) is 0 Å². The quantitative estimate of drug-likeness (QED) is 0.0807. The van der Waals surface area contributed by atoms with E-state index in [2.05, 4.69) is 4.98 Å². The fourth-order valence-electron chi connectivity index (χ4n) is 8.01. The summed E-state index contributed by atoms with van der Waals surface area (Å²) >= 11 is 0. The fraction of sp³-hybridized carbons (Fsp3) is 0.140. The summed E-state index contributed by atoms with van der Waals surface area (Å²) in [7, 11) is 1.14. The van der Waals surface area contributed by atoms with Crippen molar-refractivity contribution in [1.29, 1.82) is 0 Å². The maximum Gasteiger partial charge on any atom is 0.260 e. The van der Waals surface area contributed by atoms with Crippen LogP contribution in [0.1, 0.15) is 77.2 Å². The lowest BCUT2D eigenvalue weighted by molar-refractivity contribution is 0.0790. The molecule has 1 atom stereocenters. The Morgan fingerprint density at radius 3 is 2.17 bits per heavy atom. The van der Waals surface area contributed by atoms with Crippen LogP contribution in [0.2, 0.25) is 0 Å². The Morgan fingerprint density at radius 1 is 0.815 bits per heavy atom. The number of fused-ring (bicyclic) bond motifs is 5. The van der Waals surface area contributed by atoms with Crippen LogP contribution in [-0.2, 0) is 23.2 Å². The minimum absolute atomic E-state index is 0.0664. The van der Waals surface area contributed by atoms with Crippen LogP contribution in [0.15, 0.2) is 95.5 Å². The third-order valence-electron chi connectivity index (χ3n) is 10.4. The van der Waals surface area contributed by atoms with Gasteiger partial charge in [0.1, 0.15) is 35.0 Å². The molecule has 4 aromatic carbocycles. The highest BCUT2D eigenvalue weighted by Crippen LogP contribution is 2.59. The molecule has 11 heteroatoms. The largest absolute Gasteiger partial charge is 0.507 e. The number of pyridine rings is 1. The first-order valence-electron chi connectivity index (χ1n) is 17.1. The third kappa shape index (κ3) is 4.78. The van der Waals surface area contributed by atoms with Crippen molar-refractivity contribution in [3.8, 4) is 34.1 Å². The van der Waals surface area contributed by atoms with Gasteiger partial charge in [-0.05, 0) is 66.3 Å². The molecule has 0 saturated carbocycles. The number of carbonyl (C=O) groups excluding carboxylic acids is 4. The van der Waals surface area contributed by atoms with Gasteiger partial charge in [-0.2, -0.15) is 0 Å². The summed E-state index contributed by atoms with van der Waals surface area (Å²) in [5.74, 6) is -6.21. The Bertz CT molecular complexity index is 2660. The molecule has 0 fully saturated rings. The average Bonchev–Trinajstić information content (AvgIpc) is 3.67. The highest BCUT2D eigenvalue weighted by molar-refractivity contribution is 6.39. The predicted molar refractivity (Wildman–Crippen MR) is 198 cm³/mol. The zero-order chi connectivity index (χ0) is 38.1. The van der Waals surface area contributed by atoms with E-state index in [-0.39, 0.29) is 23.8 Å². The van der Waals surface area contributed by atoms with E-state index in [1.165, 1.54) is 0 Å². The normalized spacial score (nSPS) is 17.5. The maximum atomic E-state index is 14.7. The number of hydrogen-bond acceptors (Lipinski definition) is 10. The topological polar surface area (TPSA) is 180 Å². The molecule has 3 aliphatic rings. The van der Waals surface area contributed by atoms with Gasteiger partial charge in [0.2, 0.25) is 5.78 Å². The first-order chi connectivity index (χ1) is 26.0. The number of carbonyl (C=O) groups is 4. The van der Waals surface area contributed by atoms with Crippen molar-refractivity contribution in [3.05, 3.63) is 146 Å². The first-order valence-corrected chi connectivity index (χ1v) is 17.1. The van der Waals surface area contributed by atoms with Crippen molar-refractivity contribution < 1.29 is 44.0 Å². The number of aromatic nitrogens is 1. The lowest BCUT2D eigenvalue weighted by atomic mass is 9.75. The van der Waals surface area contributed by atoms with Crippen LogP contribution >= 0.6 is 0 Å². The number of phenolic OH excluding ortho intramolecular Hbond substituents is 3. The van der Waals surface area contributed by atoms with Gasteiger partial charge in [0, 0.05) is 22.7 Å². The number of nitrogens with one attached hydrogen (secondary N) is 1. The van der Waals surface area contributed by atoms with Crippen molar-refractivity contribution in [1.82, 2.24) is 4.98 Å². The van der Waals surface area contributed by atoms with Crippen LogP contribution in [0, 0.1) is 0 Å².